The number of benzene rings is 2. The van der Waals surface area contributed by atoms with Gasteiger partial charge < -0.3 is 10.1 Å². The zero-order valence-electron chi connectivity index (χ0n) is 10.4. The van der Waals surface area contributed by atoms with Gasteiger partial charge in [0.25, 0.3) is 0 Å². The number of hydrogen-bond donors (Lipinski definition) is 1. The van der Waals surface area contributed by atoms with Gasteiger partial charge in [-0.05, 0) is 36.8 Å². The van der Waals surface area contributed by atoms with E-state index in [2.05, 4.69) is 5.32 Å². The number of halogens is 2. The summed E-state index contributed by atoms with van der Waals surface area (Å²) in [7, 11) is 0. The Morgan fingerprint density at radius 3 is 2.63 bits per heavy atom. The fourth-order valence-corrected chi connectivity index (χ4v) is 1.74. The quantitative estimate of drug-likeness (QED) is 0.793. The Balaban J connectivity index is 1.68. The van der Waals surface area contributed by atoms with Gasteiger partial charge in [-0.1, -0.05) is 29.8 Å². The van der Waals surface area contributed by atoms with Gasteiger partial charge in [0.2, 0.25) is 0 Å². The SMILES string of the molecule is Fc1cc(NCCCOc2ccccc2)ccc1Cl. The average molecular weight is 280 g/mol. The van der Waals surface area contributed by atoms with Gasteiger partial charge in [0, 0.05) is 12.2 Å². The van der Waals surface area contributed by atoms with Crippen LogP contribution in [0.4, 0.5) is 10.1 Å². The summed E-state index contributed by atoms with van der Waals surface area (Å²) in [5.74, 6) is 0.451. The van der Waals surface area contributed by atoms with Crippen LogP contribution in [0.2, 0.25) is 5.02 Å². The molecule has 2 nitrogen and oxygen atoms in total. The molecule has 0 aliphatic carbocycles. The molecule has 0 aromatic heterocycles. The van der Waals surface area contributed by atoms with E-state index in [1.165, 1.54) is 6.07 Å². The number of anilines is 1. The van der Waals surface area contributed by atoms with Crippen LogP contribution in [0, 0.1) is 5.82 Å². The molecule has 0 radical (unpaired) electrons. The molecule has 0 aliphatic rings. The van der Waals surface area contributed by atoms with Crippen LogP contribution in [0.3, 0.4) is 0 Å². The van der Waals surface area contributed by atoms with Crippen molar-refractivity contribution in [2.45, 2.75) is 6.42 Å². The van der Waals surface area contributed by atoms with Crippen LogP contribution in [0.5, 0.6) is 5.75 Å². The largest absolute Gasteiger partial charge is 0.494 e. The zero-order valence-corrected chi connectivity index (χ0v) is 11.2. The van der Waals surface area contributed by atoms with E-state index in [0.717, 1.165) is 17.9 Å². The van der Waals surface area contributed by atoms with Gasteiger partial charge in [-0.15, -0.1) is 0 Å². The number of ether oxygens (including phenoxy) is 1. The van der Waals surface area contributed by atoms with E-state index in [4.69, 9.17) is 16.3 Å². The number of nitrogens with one attached hydrogen (secondary N) is 1. The number of hydrogen-bond acceptors (Lipinski definition) is 2. The Morgan fingerprint density at radius 2 is 1.89 bits per heavy atom. The lowest BCUT2D eigenvalue weighted by Crippen LogP contribution is -2.07. The van der Waals surface area contributed by atoms with E-state index in [0.29, 0.717) is 13.2 Å². The highest BCUT2D eigenvalue weighted by Crippen LogP contribution is 2.18. The molecule has 0 unspecified atom stereocenters. The molecule has 0 spiro atoms. The van der Waals surface area contributed by atoms with Crippen molar-refractivity contribution in [3.63, 3.8) is 0 Å². The maximum Gasteiger partial charge on any atom is 0.143 e. The van der Waals surface area contributed by atoms with E-state index in [1.807, 2.05) is 30.3 Å². The van der Waals surface area contributed by atoms with Crippen molar-refractivity contribution in [1.29, 1.82) is 0 Å². The lowest BCUT2D eigenvalue weighted by molar-refractivity contribution is 0.315. The summed E-state index contributed by atoms with van der Waals surface area (Å²) in [6.45, 7) is 1.33. The topological polar surface area (TPSA) is 21.3 Å². The van der Waals surface area contributed by atoms with E-state index < -0.39 is 5.82 Å². The van der Waals surface area contributed by atoms with Gasteiger partial charge in [-0.2, -0.15) is 0 Å². The summed E-state index contributed by atoms with van der Waals surface area (Å²) in [5, 5.41) is 3.26. The van der Waals surface area contributed by atoms with Crippen molar-refractivity contribution >= 4 is 17.3 Å². The van der Waals surface area contributed by atoms with Crippen molar-refractivity contribution in [3.8, 4) is 5.75 Å². The predicted octanol–water partition coefficient (Wildman–Crippen LogP) is 4.36. The summed E-state index contributed by atoms with van der Waals surface area (Å²) >= 11 is 5.61. The van der Waals surface area contributed by atoms with Gasteiger partial charge in [-0.3, -0.25) is 0 Å². The van der Waals surface area contributed by atoms with E-state index >= 15 is 0 Å². The van der Waals surface area contributed by atoms with Crippen molar-refractivity contribution in [2.75, 3.05) is 18.5 Å². The Hall–Kier alpha value is -1.74. The smallest absolute Gasteiger partial charge is 0.143 e. The molecular weight excluding hydrogens is 265 g/mol. The summed E-state index contributed by atoms with van der Waals surface area (Å²) in [6, 6.07) is 14.3. The highest BCUT2D eigenvalue weighted by Gasteiger charge is 2.00. The second-order valence-corrected chi connectivity index (χ2v) is 4.48. The monoisotopic (exact) mass is 279 g/mol. The molecule has 4 heteroatoms. The normalized spacial score (nSPS) is 10.2. The fraction of sp³-hybridized carbons (Fsp3) is 0.200. The maximum atomic E-state index is 13.2. The minimum atomic E-state index is -0.410. The third kappa shape index (κ3) is 4.45. The first-order valence-electron chi connectivity index (χ1n) is 6.12. The van der Waals surface area contributed by atoms with Crippen molar-refractivity contribution < 1.29 is 9.13 Å². The molecule has 0 atom stereocenters. The molecule has 0 saturated heterocycles. The van der Waals surface area contributed by atoms with E-state index in [1.54, 1.807) is 12.1 Å². The van der Waals surface area contributed by atoms with Crippen LogP contribution < -0.4 is 10.1 Å². The minimum Gasteiger partial charge on any atom is -0.494 e. The summed E-state index contributed by atoms with van der Waals surface area (Å²) in [6.07, 6.45) is 0.832. The molecule has 0 aliphatic heterocycles. The first kappa shape index (κ1) is 13.7. The highest BCUT2D eigenvalue weighted by atomic mass is 35.5. The standard InChI is InChI=1S/C15H15ClFNO/c16-14-8-7-12(11-15(14)17)18-9-4-10-19-13-5-2-1-3-6-13/h1-3,5-8,11,18H,4,9-10H2. The third-order valence-electron chi connectivity index (χ3n) is 2.58. The number of para-hydroxylation sites is 1. The molecule has 0 saturated carbocycles. The molecule has 100 valence electrons. The Kier molecular flexibility index (Phi) is 5.04. The van der Waals surface area contributed by atoms with Gasteiger partial charge in [0.05, 0.1) is 11.6 Å². The van der Waals surface area contributed by atoms with Gasteiger partial charge >= 0.3 is 0 Å². The predicted molar refractivity (Wildman–Crippen MR) is 76.5 cm³/mol. The molecule has 0 fully saturated rings. The highest BCUT2D eigenvalue weighted by molar-refractivity contribution is 6.30. The maximum absolute atomic E-state index is 13.2. The first-order chi connectivity index (χ1) is 9.25. The molecule has 2 rings (SSSR count). The van der Waals surface area contributed by atoms with Crippen LogP contribution in [0.1, 0.15) is 6.42 Å². The van der Waals surface area contributed by atoms with Crippen LogP contribution >= 0.6 is 11.6 Å². The van der Waals surface area contributed by atoms with Gasteiger partial charge in [-0.25, -0.2) is 4.39 Å². The Morgan fingerprint density at radius 1 is 1.11 bits per heavy atom. The van der Waals surface area contributed by atoms with Crippen LogP contribution in [-0.2, 0) is 0 Å². The third-order valence-corrected chi connectivity index (χ3v) is 2.89. The van der Waals surface area contributed by atoms with Crippen molar-refractivity contribution in [1.82, 2.24) is 0 Å². The van der Waals surface area contributed by atoms with Crippen LogP contribution in [-0.4, -0.2) is 13.2 Å². The molecule has 19 heavy (non-hydrogen) atoms. The summed E-state index contributed by atoms with van der Waals surface area (Å²) < 4.78 is 18.7. The molecule has 2 aromatic carbocycles. The molecule has 2 aromatic rings. The summed E-state index contributed by atoms with van der Waals surface area (Å²) in [5.41, 5.74) is 0.724. The fourth-order valence-electron chi connectivity index (χ4n) is 1.62. The summed E-state index contributed by atoms with van der Waals surface area (Å²) in [4.78, 5) is 0. The van der Waals surface area contributed by atoms with Gasteiger partial charge in [0.1, 0.15) is 11.6 Å². The van der Waals surface area contributed by atoms with Crippen molar-refractivity contribution in [3.05, 3.63) is 59.4 Å². The second kappa shape index (κ2) is 7.00. The van der Waals surface area contributed by atoms with Crippen LogP contribution in [0.15, 0.2) is 48.5 Å². The molecule has 1 N–H and O–H groups in total. The van der Waals surface area contributed by atoms with Crippen LogP contribution in [0.25, 0.3) is 0 Å². The Bertz CT molecular complexity index is 519. The lowest BCUT2D eigenvalue weighted by atomic mass is 10.3. The molecule has 0 bridgehead atoms. The van der Waals surface area contributed by atoms with Gasteiger partial charge in [0.15, 0.2) is 0 Å². The molecule has 0 heterocycles. The minimum absolute atomic E-state index is 0.137. The molecular formula is C15H15ClFNO. The molecule has 0 amide bonds. The van der Waals surface area contributed by atoms with E-state index in [9.17, 15) is 4.39 Å². The second-order valence-electron chi connectivity index (χ2n) is 4.07. The average Bonchev–Trinajstić information content (AvgIpc) is 2.43. The lowest BCUT2D eigenvalue weighted by Gasteiger charge is -2.08. The Labute approximate surface area is 117 Å². The number of rotatable bonds is 6. The van der Waals surface area contributed by atoms with Crippen molar-refractivity contribution in [2.24, 2.45) is 0 Å². The van der Waals surface area contributed by atoms with E-state index in [-0.39, 0.29) is 5.02 Å². The zero-order chi connectivity index (χ0) is 13.5. The first-order valence-corrected chi connectivity index (χ1v) is 6.50.